The van der Waals surface area contributed by atoms with E-state index in [9.17, 15) is 9.18 Å². The molecule has 7 heteroatoms. The van der Waals surface area contributed by atoms with Crippen molar-refractivity contribution in [3.05, 3.63) is 71.8 Å². The highest BCUT2D eigenvalue weighted by atomic mass is 19.1. The zero-order valence-electron chi connectivity index (χ0n) is 15.2. The molecule has 0 saturated carbocycles. The molecule has 0 radical (unpaired) electrons. The zero-order chi connectivity index (χ0) is 19.7. The number of hydrogen-bond donors (Lipinski definition) is 1. The van der Waals surface area contributed by atoms with Crippen LogP contribution in [0.15, 0.2) is 59.3 Å². The van der Waals surface area contributed by atoms with E-state index in [0.29, 0.717) is 39.6 Å². The largest absolute Gasteiger partial charge is 0.497 e. The third-order valence-electron chi connectivity index (χ3n) is 4.42. The van der Waals surface area contributed by atoms with Gasteiger partial charge in [-0.05, 0) is 55.5 Å². The second-order valence-corrected chi connectivity index (χ2v) is 6.15. The fourth-order valence-corrected chi connectivity index (χ4v) is 2.97. The summed E-state index contributed by atoms with van der Waals surface area (Å²) in [6, 6.07) is 12.7. The van der Waals surface area contributed by atoms with E-state index in [1.165, 1.54) is 18.5 Å². The number of aromatic nitrogens is 2. The molecule has 140 valence electrons. The Balaban J connectivity index is 1.71. The maximum Gasteiger partial charge on any atom is 0.256 e. The van der Waals surface area contributed by atoms with E-state index in [2.05, 4.69) is 15.3 Å². The molecule has 2 heterocycles. The molecule has 0 bridgehead atoms. The van der Waals surface area contributed by atoms with Crippen molar-refractivity contribution in [2.75, 3.05) is 12.4 Å². The monoisotopic (exact) mass is 377 g/mol. The Morgan fingerprint density at radius 2 is 1.79 bits per heavy atom. The van der Waals surface area contributed by atoms with E-state index < -0.39 is 0 Å². The van der Waals surface area contributed by atoms with Crippen LogP contribution in [-0.4, -0.2) is 23.0 Å². The lowest BCUT2D eigenvalue weighted by molar-refractivity contribution is 0.102. The minimum Gasteiger partial charge on any atom is -0.497 e. The maximum atomic E-state index is 13.2. The van der Waals surface area contributed by atoms with Crippen LogP contribution in [0.3, 0.4) is 0 Å². The number of methoxy groups -OCH3 is 1. The fourth-order valence-electron chi connectivity index (χ4n) is 2.97. The lowest BCUT2D eigenvalue weighted by Gasteiger charge is -2.06. The number of rotatable bonds is 4. The average Bonchev–Trinajstić information content (AvgIpc) is 3.06. The first-order valence-corrected chi connectivity index (χ1v) is 8.52. The second kappa shape index (κ2) is 7.11. The SMILES string of the molecule is COc1ccc(C(=O)Nc2ncnc3oc(-c4ccc(F)cc4)c(C)c23)cc1. The van der Waals surface area contributed by atoms with Crippen LogP contribution in [0, 0.1) is 12.7 Å². The lowest BCUT2D eigenvalue weighted by Crippen LogP contribution is -2.13. The Hall–Kier alpha value is -3.74. The molecule has 1 N–H and O–H groups in total. The molecular weight excluding hydrogens is 361 g/mol. The molecule has 0 atom stereocenters. The standard InChI is InChI=1S/C21H16FN3O3/c1-12-17-19(25-20(26)14-5-9-16(27-2)10-6-14)23-11-24-21(17)28-18(12)13-3-7-15(22)8-4-13/h3-11H,1-2H3,(H,23,24,25,26). The number of nitrogens with zero attached hydrogens (tertiary/aromatic N) is 2. The first-order chi connectivity index (χ1) is 13.6. The summed E-state index contributed by atoms with van der Waals surface area (Å²) in [6.45, 7) is 1.84. The van der Waals surface area contributed by atoms with E-state index in [0.717, 1.165) is 5.56 Å². The molecule has 0 aliphatic heterocycles. The lowest BCUT2D eigenvalue weighted by atomic mass is 10.1. The van der Waals surface area contributed by atoms with Crippen molar-refractivity contribution in [3.63, 3.8) is 0 Å². The van der Waals surface area contributed by atoms with Gasteiger partial charge in [0.2, 0.25) is 5.71 Å². The van der Waals surface area contributed by atoms with Gasteiger partial charge in [-0.25, -0.2) is 14.4 Å². The van der Waals surface area contributed by atoms with Gasteiger partial charge in [0.1, 0.15) is 29.5 Å². The summed E-state index contributed by atoms with van der Waals surface area (Å²) in [4.78, 5) is 20.9. The summed E-state index contributed by atoms with van der Waals surface area (Å²) in [7, 11) is 1.56. The number of aryl methyl sites for hydroxylation is 1. The summed E-state index contributed by atoms with van der Waals surface area (Å²) >= 11 is 0. The topological polar surface area (TPSA) is 77.2 Å². The first kappa shape index (κ1) is 17.7. The molecule has 28 heavy (non-hydrogen) atoms. The predicted octanol–water partition coefficient (Wildman–Crippen LogP) is 4.60. The van der Waals surface area contributed by atoms with Crippen molar-refractivity contribution in [1.29, 1.82) is 0 Å². The molecule has 4 aromatic rings. The number of benzene rings is 2. The van der Waals surface area contributed by atoms with Gasteiger partial charge in [0.15, 0.2) is 0 Å². The van der Waals surface area contributed by atoms with E-state index in [-0.39, 0.29) is 11.7 Å². The predicted molar refractivity (Wildman–Crippen MR) is 103 cm³/mol. The second-order valence-electron chi connectivity index (χ2n) is 6.15. The number of amides is 1. The third-order valence-corrected chi connectivity index (χ3v) is 4.42. The van der Waals surface area contributed by atoms with Gasteiger partial charge in [-0.1, -0.05) is 0 Å². The zero-order valence-corrected chi connectivity index (χ0v) is 15.2. The average molecular weight is 377 g/mol. The summed E-state index contributed by atoms with van der Waals surface area (Å²) in [5.41, 5.74) is 2.28. The Labute approximate surface area is 160 Å². The van der Waals surface area contributed by atoms with Crippen LogP contribution in [0.1, 0.15) is 15.9 Å². The summed E-state index contributed by atoms with van der Waals surface area (Å²) in [6.07, 6.45) is 1.32. The van der Waals surface area contributed by atoms with Gasteiger partial charge in [-0.2, -0.15) is 0 Å². The van der Waals surface area contributed by atoms with Crippen LogP contribution >= 0.6 is 0 Å². The highest BCUT2D eigenvalue weighted by Gasteiger charge is 2.19. The van der Waals surface area contributed by atoms with Crippen LogP contribution in [-0.2, 0) is 0 Å². The van der Waals surface area contributed by atoms with Gasteiger partial charge in [0, 0.05) is 16.7 Å². The molecule has 0 unspecified atom stereocenters. The summed E-state index contributed by atoms with van der Waals surface area (Å²) in [5, 5.41) is 3.40. The van der Waals surface area contributed by atoms with E-state index >= 15 is 0 Å². The highest BCUT2D eigenvalue weighted by Crippen LogP contribution is 2.35. The third kappa shape index (κ3) is 3.18. The maximum absolute atomic E-state index is 13.2. The first-order valence-electron chi connectivity index (χ1n) is 8.52. The molecular formula is C21H16FN3O3. The fraction of sp³-hybridized carbons (Fsp3) is 0.0952. The molecule has 0 spiro atoms. The summed E-state index contributed by atoms with van der Waals surface area (Å²) < 4.78 is 24.2. The van der Waals surface area contributed by atoms with Crippen molar-refractivity contribution in [1.82, 2.24) is 9.97 Å². The molecule has 0 aliphatic carbocycles. The number of carbonyl (C=O) groups excluding carboxylic acids is 1. The number of halogens is 1. The molecule has 0 fully saturated rings. The molecule has 0 aliphatic rings. The van der Waals surface area contributed by atoms with Gasteiger partial charge < -0.3 is 14.5 Å². The number of fused-ring (bicyclic) bond motifs is 1. The van der Waals surface area contributed by atoms with Gasteiger partial charge in [0.25, 0.3) is 5.91 Å². The number of furan rings is 1. The van der Waals surface area contributed by atoms with Gasteiger partial charge in [-0.15, -0.1) is 0 Å². The number of ether oxygens (including phenoxy) is 1. The minimum absolute atomic E-state index is 0.313. The van der Waals surface area contributed by atoms with Crippen molar-refractivity contribution in [2.24, 2.45) is 0 Å². The number of anilines is 1. The molecule has 4 rings (SSSR count). The van der Waals surface area contributed by atoms with Crippen LogP contribution in [0.5, 0.6) is 5.75 Å². The molecule has 0 saturated heterocycles. The Morgan fingerprint density at radius 1 is 1.07 bits per heavy atom. The molecule has 2 aromatic heterocycles. The Morgan fingerprint density at radius 3 is 2.46 bits per heavy atom. The molecule has 2 aromatic carbocycles. The van der Waals surface area contributed by atoms with Crippen LogP contribution in [0.25, 0.3) is 22.4 Å². The number of hydrogen-bond acceptors (Lipinski definition) is 5. The van der Waals surface area contributed by atoms with E-state index in [1.54, 1.807) is 43.5 Å². The number of carbonyl (C=O) groups is 1. The molecule has 6 nitrogen and oxygen atoms in total. The van der Waals surface area contributed by atoms with Crippen molar-refractivity contribution in [2.45, 2.75) is 6.92 Å². The highest BCUT2D eigenvalue weighted by molar-refractivity contribution is 6.08. The van der Waals surface area contributed by atoms with Crippen molar-refractivity contribution < 1.29 is 18.3 Å². The van der Waals surface area contributed by atoms with Crippen molar-refractivity contribution in [3.8, 4) is 17.1 Å². The van der Waals surface area contributed by atoms with Crippen LogP contribution in [0.2, 0.25) is 0 Å². The van der Waals surface area contributed by atoms with Gasteiger partial charge in [-0.3, -0.25) is 4.79 Å². The van der Waals surface area contributed by atoms with Gasteiger partial charge >= 0.3 is 0 Å². The quantitative estimate of drug-likeness (QED) is 0.562. The van der Waals surface area contributed by atoms with E-state index in [4.69, 9.17) is 9.15 Å². The summed E-state index contributed by atoms with van der Waals surface area (Å²) in [5.74, 6) is 0.919. The van der Waals surface area contributed by atoms with Crippen molar-refractivity contribution >= 4 is 22.8 Å². The van der Waals surface area contributed by atoms with Gasteiger partial charge in [0.05, 0.1) is 12.5 Å². The Kier molecular flexibility index (Phi) is 4.49. The smallest absolute Gasteiger partial charge is 0.256 e. The molecule has 1 amide bonds. The minimum atomic E-state index is -0.329. The Bertz CT molecular complexity index is 1150. The van der Waals surface area contributed by atoms with Crippen LogP contribution < -0.4 is 10.1 Å². The number of nitrogens with one attached hydrogen (secondary N) is 1. The van der Waals surface area contributed by atoms with Crippen LogP contribution in [0.4, 0.5) is 10.2 Å². The normalized spacial score (nSPS) is 10.8. The van der Waals surface area contributed by atoms with E-state index in [1.807, 2.05) is 6.92 Å².